The van der Waals surface area contributed by atoms with Crippen LogP contribution in [-0.4, -0.2) is 33.9 Å². The standard InChI is InChI=1S/C17H21N3O4/c21-15-8-6-13(16(22)20-15)11-3-7-14(18-9-11)19-12-4-1-10(2-5-12)17(23)24/h3,7,9-10,12-13H,1-2,4-6,8H2,(H,18,19)(H,23,24)(H,20,21,22)/t10-,12-,13?. The SMILES string of the molecule is O=C1CCC(c2ccc(N[C@H]3CC[C@H](C(=O)O)CC3)nc2)C(=O)N1. The Bertz CT molecular complexity index is 636. The van der Waals surface area contributed by atoms with E-state index >= 15 is 0 Å². The van der Waals surface area contributed by atoms with Crippen molar-refractivity contribution in [2.24, 2.45) is 5.92 Å². The molecule has 1 aromatic rings. The highest BCUT2D eigenvalue weighted by atomic mass is 16.4. The van der Waals surface area contributed by atoms with Crippen LogP contribution in [0.5, 0.6) is 0 Å². The monoisotopic (exact) mass is 331 g/mol. The summed E-state index contributed by atoms with van der Waals surface area (Å²) in [5, 5.41) is 14.7. The number of amides is 2. The molecule has 128 valence electrons. The van der Waals surface area contributed by atoms with Crippen molar-refractivity contribution in [2.75, 3.05) is 5.32 Å². The van der Waals surface area contributed by atoms with Crippen molar-refractivity contribution >= 4 is 23.6 Å². The van der Waals surface area contributed by atoms with Crippen molar-refractivity contribution in [3.05, 3.63) is 23.9 Å². The fourth-order valence-corrected chi connectivity index (χ4v) is 3.40. The summed E-state index contributed by atoms with van der Waals surface area (Å²) in [4.78, 5) is 38.4. The first-order valence-electron chi connectivity index (χ1n) is 8.32. The smallest absolute Gasteiger partial charge is 0.306 e. The van der Waals surface area contributed by atoms with Crippen molar-refractivity contribution in [3.63, 3.8) is 0 Å². The lowest BCUT2D eigenvalue weighted by Crippen LogP contribution is -2.39. The molecule has 3 rings (SSSR count). The molecule has 2 fully saturated rings. The average Bonchev–Trinajstić information content (AvgIpc) is 2.56. The molecule has 7 heteroatoms. The van der Waals surface area contributed by atoms with E-state index in [2.05, 4.69) is 15.6 Å². The number of nitrogens with one attached hydrogen (secondary N) is 2. The maximum absolute atomic E-state index is 11.9. The number of hydrogen-bond donors (Lipinski definition) is 3. The Kier molecular flexibility index (Phi) is 4.78. The number of carbonyl (C=O) groups excluding carboxylic acids is 2. The van der Waals surface area contributed by atoms with Gasteiger partial charge in [-0.05, 0) is 43.7 Å². The Labute approximate surface area is 139 Å². The second-order valence-electron chi connectivity index (χ2n) is 6.51. The molecule has 1 aliphatic carbocycles. The van der Waals surface area contributed by atoms with Gasteiger partial charge in [0.1, 0.15) is 5.82 Å². The molecule has 0 radical (unpaired) electrons. The molecule has 7 nitrogen and oxygen atoms in total. The molecule has 2 amide bonds. The fraction of sp³-hybridized carbons (Fsp3) is 0.529. The maximum atomic E-state index is 11.9. The number of anilines is 1. The minimum Gasteiger partial charge on any atom is -0.481 e. The number of piperidine rings is 1. The van der Waals surface area contributed by atoms with Crippen LogP contribution >= 0.6 is 0 Å². The summed E-state index contributed by atoms with van der Waals surface area (Å²) >= 11 is 0. The lowest BCUT2D eigenvalue weighted by molar-refractivity contribution is -0.143. The van der Waals surface area contributed by atoms with Gasteiger partial charge in [0.15, 0.2) is 0 Å². The van der Waals surface area contributed by atoms with E-state index in [-0.39, 0.29) is 29.7 Å². The van der Waals surface area contributed by atoms with Crippen LogP contribution in [0.1, 0.15) is 50.0 Å². The average molecular weight is 331 g/mol. The lowest BCUT2D eigenvalue weighted by atomic mass is 9.86. The lowest BCUT2D eigenvalue weighted by Gasteiger charge is -2.27. The van der Waals surface area contributed by atoms with Gasteiger partial charge in [-0.25, -0.2) is 4.98 Å². The van der Waals surface area contributed by atoms with E-state index < -0.39 is 5.97 Å². The third-order valence-electron chi connectivity index (χ3n) is 4.86. The second-order valence-corrected chi connectivity index (χ2v) is 6.51. The largest absolute Gasteiger partial charge is 0.481 e. The summed E-state index contributed by atoms with van der Waals surface area (Å²) < 4.78 is 0. The van der Waals surface area contributed by atoms with E-state index in [9.17, 15) is 14.4 Å². The highest BCUT2D eigenvalue weighted by Crippen LogP contribution is 2.28. The quantitative estimate of drug-likeness (QED) is 0.724. The first kappa shape index (κ1) is 16.4. The van der Waals surface area contributed by atoms with Crippen molar-refractivity contribution in [1.29, 1.82) is 0 Å². The molecule has 2 heterocycles. The molecule has 2 aliphatic rings. The highest BCUT2D eigenvalue weighted by Gasteiger charge is 2.28. The van der Waals surface area contributed by atoms with E-state index in [0.717, 1.165) is 24.2 Å². The molecule has 1 aliphatic heterocycles. The number of nitrogens with zero attached hydrogens (tertiary/aromatic N) is 1. The number of hydrogen-bond acceptors (Lipinski definition) is 5. The van der Waals surface area contributed by atoms with Gasteiger partial charge < -0.3 is 10.4 Å². The first-order chi connectivity index (χ1) is 11.5. The number of rotatable bonds is 4. The van der Waals surface area contributed by atoms with Gasteiger partial charge in [0.05, 0.1) is 11.8 Å². The normalized spacial score (nSPS) is 27.4. The van der Waals surface area contributed by atoms with Crippen molar-refractivity contribution in [3.8, 4) is 0 Å². The van der Waals surface area contributed by atoms with E-state index in [4.69, 9.17) is 5.11 Å². The zero-order valence-electron chi connectivity index (χ0n) is 13.3. The van der Waals surface area contributed by atoms with Crippen LogP contribution in [0.3, 0.4) is 0 Å². The van der Waals surface area contributed by atoms with Crippen molar-refractivity contribution in [1.82, 2.24) is 10.3 Å². The number of carboxylic acid groups (broad SMARTS) is 1. The van der Waals surface area contributed by atoms with Gasteiger partial charge in [0.2, 0.25) is 11.8 Å². The fourth-order valence-electron chi connectivity index (χ4n) is 3.40. The van der Waals surface area contributed by atoms with Gasteiger partial charge in [-0.1, -0.05) is 6.07 Å². The Morgan fingerprint density at radius 2 is 1.92 bits per heavy atom. The predicted molar refractivity (Wildman–Crippen MR) is 86.4 cm³/mol. The first-order valence-corrected chi connectivity index (χ1v) is 8.32. The van der Waals surface area contributed by atoms with Crippen LogP contribution in [0.4, 0.5) is 5.82 Å². The highest BCUT2D eigenvalue weighted by molar-refractivity contribution is 6.00. The van der Waals surface area contributed by atoms with E-state index in [1.807, 2.05) is 12.1 Å². The summed E-state index contributed by atoms with van der Waals surface area (Å²) in [5.74, 6) is -1.02. The molecule has 0 aromatic carbocycles. The third kappa shape index (κ3) is 3.72. The molecule has 1 unspecified atom stereocenters. The van der Waals surface area contributed by atoms with Gasteiger partial charge in [-0.3, -0.25) is 19.7 Å². The molecular weight excluding hydrogens is 310 g/mol. The maximum Gasteiger partial charge on any atom is 0.306 e. The summed E-state index contributed by atoms with van der Waals surface area (Å²) in [6.45, 7) is 0. The number of aliphatic carboxylic acids is 1. The number of imide groups is 1. The summed E-state index contributed by atoms with van der Waals surface area (Å²) in [7, 11) is 0. The van der Waals surface area contributed by atoms with Crippen LogP contribution in [-0.2, 0) is 14.4 Å². The summed E-state index contributed by atoms with van der Waals surface area (Å²) in [5.41, 5.74) is 0.806. The van der Waals surface area contributed by atoms with Crippen LogP contribution in [0.2, 0.25) is 0 Å². The van der Waals surface area contributed by atoms with Crippen LogP contribution < -0.4 is 10.6 Å². The van der Waals surface area contributed by atoms with Gasteiger partial charge in [0, 0.05) is 18.7 Å². The number of carbonyl (C=O) groups is 3. The predicted octanol–water partition coefficient (Wildman–Crippen LogP) is 1.66. The minimum atomic E-state index is -0.708. The molecule has 0 bridgehead atoms. The Hall–Kier alpha value is -2.44. The van der Waals surface area contributed by atoms with Crippen LogP contribution in [0.15, 0.2) is 18.3 Å². The molecule has 1 atom stereocenters. The van der Waals surface area contributed by atoms with Crippen molar-refractivity contribution in [2.45, 2.75) is 50.5 Å². The van der Waals surface area contributed by atoms with Crippen LogP contribution in [0, 0.1) is 5.92 Å². The topological polar surface area (TPSA) is 108 Å². The van der Waals surface area contributed by atoms with Gasteiger partial charge in [-0.2, -0.15) is 0 Å². The Morgan fingerprint density at radius 3 is 2.50 bits per heavy atom. The van der Waals surface area contributed by atoms with E-state index in [1.165, 1.54) is 0 Å². The van der Waals surface area contributed by atoms with Crippen molar-refractivity contribution < 1.29 is 19.5 Å². The third-order valence-corrected chi connectivity index (χ3v) is 4.86. The molecule has 3 N–H and O–H groups in total. The minimum absolute atomic E-state index is 0.223. The summed E-state index contributed by atoms with van der Waals surface area (Å²) in [6, 6.07) is 3.93. The van der Waals surface area contributed by atoms with E-state index in [0.29, 0.717) is 25.7 Å². The number of carboxylic acids is 1. The molecule has 0 spiro atoms. The number of aromatic nitrogens is 1. The molecular formula is C17H21N3O4. The molecule has 1 saturated heterocycles. The zero-order chi connectivity index (χ0) is 17.1. The van der Waals surface area contributed by atoms with Gasteiger partial charge >= 0.3 is 5.97 Å². The molecule has 24 heavy (non-hydrogen) atoms. The Balaban J connectivity index is 1.56. The van der Waals surface area contributed by atoms with Gasteiger partial charge in [0.25, 0.3) is 0 Å². The number of pyridine rings is 1. The van der Waals surface area contributed by atoms with E-state index in [1.54, 1.807) is 6.20 Å². The van der Waals surface area contributed by atoms with Gasteiger partial charge in [-0.15, -0.1) is 0 Å². The Morgan fingerprint density at radius 1 is 1.17 bits per heavy atom. The molecule has 1 aromatic heterocycles. The summed E-state index contributed by atoms with van der Waals surface area (Å²) in [6.07, 6.45) is 5.52. The molecule has 1 saturated carbocycles. The zero-order valence-corrected chi connectivity index (χ0v) is 13.3. The van der Waals surface area contributed by atoms with Crippen LogP contribution in [0.25, 0.3) is 0 Å². The second kappa shape index (κ2) is 6.98.